The van der Waals surface area contributed by atoms with Crippen LogP contribution in [0.3, 0.4) is 0 Å². The molecule has 0 spiro atoms. The fourth-order valence-electron chi connectivity index (χ4n) is 3.80. The summed E-state index contributed by atoms with van der Waals surface area (Å²) in [6, 6.07) is 5.27. The summed E-state index contributed by atoms with van der Waals surface area (Å²) in [5, 5.41) is 7.41. The fourth-order valence-corrected chi connectivity index (χ4v) is 4.72. The second-order valence-corrected chi connectivity index (χ2v) is 10.6. The van der Waals surface area contributed by atoms with Crippen LogP contribution in [-0.4, -0.2) is 6.04 Å². The molecule has 1 nitrogen and oxygen atoms in total. The number of fused-ring (bicyclic) bond motifs is 2. The second-order valence-electron chi connectivity index (χ2n) is 9.70. The number of hydrogen-bond acceptors (Lipinski definition) is 2. The average molecular weight is 356 g/mol. The van der Waals surface area contributed by atoms with Crippen molar-refractivity contribution in [3.8, 4) is 0 Å². The van der Waals surface area contributed by atoms with Crippen LogP contribution < -0.4 is 5.32 Å². The van der Waals surface area contributed by atoms with E-state index in [2.05, 4.69) is 77.9 Å². The summed E-state index contributed by atoms with van der Waals surface area (Å²) in [6.07, 6.45) is 4.57. The van der Waals surface area contributed by atoms with Crippen LogP contribution in [0.1, 0.15) is 72.4 Å². The Hall–Kier alpha value is -1.28. The lowest BCUT2D eigenvalue weighted by atomic mass is 9.63. The Balaban J connectivity index is 2.09. The summed E-state index contributed by atoms with van der Waals surface area (Å²) in [5.74, 6) is 0. The van der Waals surface area contributed by atoms with Crippen molar-refractivity contribution in [2.24, 2.45) is 5.41 Å². The smallest absolute Gasteiger partial charge is 0.0531 e. The lowest BCUT2D eigenvalue weighted by Gasteiger charge is -2.42. The number of thiophene rings is 1. The summed E-state index contributed by atoms with van der Waals surface area (Å²) >= 11 is 1.86. The quantitative estimate of drug-likeness (QED) is 0.569. The maximum atomic E-state index is 4.00. The minimum Gasteiger partial charge on any atom is -0.381 e. The minimum absolute atomic E-state index is 0.0593. The molecule has 3 rings (SSSR count). The molecule has 136 valence electrons. The molecule has 1 aromatic heterocycles. The number of hydrogen-bond donors (Lipinski definition) is 1. The normalized spacial score (nSPS) is 20.1. The number of benzene rings is 1. The Kier molecular flexibility index (Phi) is 4.35. The van der Waals surface area contributed by atoms with Crippen LogP contribution in [0.5, 0.6) is 0 Å². The lowest BCUT2D eigenvalue weighted by Crippen LogP contribution is -2.33. The third-order valence-electron chi connectivity index (χ3n) is 6.56. The molecule has 25 heavy (non-hydrogen) atoms. The third-order valence-corrected chi connectivity index (χ3v) is 7.51. The van der Waals surface area contributed by atoms with Gasteiger partial charge in [-0.2, -0.15) is 0 Å². The minimum atomic E-state index is 0.0593. The highest BCUT2D eigenvalue weighted by atomic mass is 32.1. The predicted octanol–water partition coefficient (Wildman–Crippen LogP) is 7.26. The van der Waals surface area contributed by atoms with Crippen molar-refractivity contribution >= 4 is 27.1 Å². The van der Waals surface area contributed by atoms with Crippen molar-refractivity contribution in [3.63, 3.8) is 0 Å². The topological polar surface area (TPSA) is 12.0 Å². The highest BCUT2D eigenvalue weighted by Gasteiger charge is 2.37. The summed E-state index contributed by atoms with van der Waals surface area (Å²) in [6.45, 7) is 20.3. The van der Waals surface area contributed by atoms with Crippen LogP contribution in [0, 0.1) is 5.41 Å². The summed E-state index contributed by atoms with van der Waals surface area (Å²) in [7, 11) is 0. The molecule has 1 aliphatic rings. The molecule has 0 unspecified atom stereocenters. The number of anilines is 1. The van der Waals surface area contributed by atoms with Gasteiger partial charge in [0.15, 0.2) is 0 Å². The number of nitrogens with one attached hydrogen (secondary N) is 1. The van der Waals surface area contributed by atoms with Crippen molar-refractivity contribution in [2.75, 3.05) is 5.32 Å². The monoisotopic (exact) mass is 355 g/mol. The second kappa shape index (κ2) is 5.87. The highest BCUT2D eigenvalue weighted by molar-refractivity contribution is 7.17. The zero-order valence-electron chi connectivity index (χ0n) is 16.9. The van der Waals surface area contributed by atoms with Gasteiger partial charge in [-0.05, 0) is 53.9 Å². The SMILES string of the molecule is C=CC(C)(C)[C@H](C)Nc1csc2cc3c(cc12)C(C)(C)CCC3(C)C. The van der Waals surface area contributed by atoms with Crippen LogP contribution in [0.15, 0.2) is 30.2 Å². The van der Waals surface area contributed by atoms with E-state index in [1.165, 1.54) is 34.2 Å². The first-order chi connectivity index (χ1) is 11.5. The molecule has 0 radical (unpaired) electrons. The van der Waals surface area contributed by atoms with E-state index in [1.807, 2.05) is 17.4 Å². The standard InChI is InChI=1S/C23H33NS/c1-9-21(3,4)15(2)24-19-14-25-20-13-18-17(12-16(19)20)22(5,6)10-11-23(18,7)8/h9,12-15,24H,1,10-11H2,2-8H3/t15-/m0/s1. The van der Waals surface area contributed by atoms with E-state index in [4.69, 9.17) is 0 Å². The van der Waals surface area contributed by atoms with Gasteiger partial charge in [0.05, 0.1) is 5.69 Å². The molecule has 0 fully saturated rings. The Morgan fingerprint density at radius 1 is 1.12 bits per heavy atom. The molecule has 0 aliphatic heterocycles. The molecular formula is C23H33NS. The summed E-state index contributed by atoms with van der Waals surface area (Å²) < 4.78 is 1.40. The Bertz CT molecular complexity index is 807. The molecule has 0 saturated heterocycles. The van der Waals surface area contributed by atoms with Gasteiger partial charge in [-0.1, -0.05) is 47.6 Å². The fraction of sp³-hybridized carbons (Fsp3) is 0.565. The number of rotatable bonds is 4. The van der Waals surface area contributed by atoms with Gasteiger partial charge in [0.2, 0.25) is 0 Å². The van der Waals surface area contributed by atoms with Gasteiger partial charge in [0.1, 0.15) is 0 Å². The molecule has 1 atom stereocenters. The summed E-state index contributed by atoms with van der Waals surface area (Å²) in [4.78, 5) is 0. The third kappa shape index (κ3) is 3.14. The molecule has 1 N–H and O–H groups in total. The van der Waals surface area contributed by atoms with Gasteiger partial charge in [-0.15, -0.1) is 17.9 Å². The van der Waals surface area contributed by atoms with Gasteiger partial charge in [0.25, 0.3) is 0 Å². The van der Waals surface area contributed by atoms with Crippen LogP contribution in [0.2, 0.25) is 0 Å². The van der Waals surface area contributed by atoms with Gasteiger partial charge in [0, 0.05) is 26.9 Å². The van der Waals surface area contributed by atoms with E-state index < -0.39 is 0 Å². The Labute approximate surface area is 157 Å². The molecule has 2 heteroatoms. The highest BCUT2D eigenvalue weighted by Crippen LogP contribution is 2.48. The van der Waals surface area contributed by atoms with E-state index in [-0.39, 0.29) is 16.2 Å². The van der Waals surface area contributed by atoms with E-state index in [1.54, 1.807) is 5.56 Å². The first-order valence-corrected chi connectivity index (χ1v) is 10.3. The molecule has 1 heterocycles. The summed E-state index contributed by atoms with van der Waals surface area (Å²) in [5.41, 5.74) is 4.93. The van der Waals surface area contributed by atoms with Crippen molar-refractivity contribution in [3.05, 3.63) is 41.3 Å². The van der Waals surface area contributed by atoms with E-state index in [0.717, 1.165) is 0 Å². The van der Waals surface area contributed by atoms with Crippen molar-refractivity contribution < 1.29 is 0 Å². The predicted molar refractivity (Wildman–Crippen MR) is 114 cm³/mol. The van der Waals surface area contributed by atoms with Crippen LogP contribution in [0.25, 0.3) is 10.1 Å². The van der Waals surface area contributed by atoms with Crippen LogP contribution in [0.4, 0.5) is 5.69 Å². The van der Waals surface area contributed by atoms with Crippen molar-refractivity contribution in [1.29, 1.82) is 0 Å². The average Bonchev–Trinajstić information content (AvgIpc) is 2.93. The van der Waals surface area contributed by atoms with Gasteiger partial charge < -0.3 is 5.32 Å². The zero-order chi connectivity index (χ0) is 18.6. The molecule has 1 aromatic carbocycles. The van der Waals surface area contributed by atoms with Crippen LogP contribution >= 0.6 is 11.3 Å². The molecule has 0 bridgehead atoms. The van der Waals surface area contributed by atoms with Crippen molar-refractivity contribution in [2.45, 2.75) is 78.2 Å². The molecule has 0 amide bonds. The van der Waals surface area contributed by atoms with Gasteiger partial charge in [-0.3, -0.25) is 0 Å². The van der Waals surface area contributed by atoms with E-state index in [0.29, 0.717) is 6.04 Å². The lowest BCUT2D eigenvalue weighted by molar-refractivity contribution is 0.332. The van der Waals surface area contributed by atoms with Crippen LogP contribution in [-0.2, 0) is 10.8 Å². The Morgan fingerprint density at radius 3 is 2.24 bits per heavy atom. The first kappa shape index (κ1) is 18.5. The first-order valence-electron chi connectivity index (χ1n) is 9.44. The van der Waals surface area contributed by atoms with E-state index >= 15 is 0 Å². The maximum Gasteiger partial charge on any atom is 0.0531 e. The van der Waals surface area contributed by atoms with Gasteiger partial charge >= 0.3 is 0 Å². The van der Waals surface area contributed by atoms with Crippen molar-refractivity contribution in [1.82, 2.24) is 0 Å². The Morgan fingerprint density at radius 2 is 1.68 bits per heavy atom. The molecule has 0 saturated carbocycles. The molecule has 1 aliphatic carbocycles. The zero-order valence-corrected chi connectivity index (χ0v) is 17.7. The van der Waals surface area contributed by atoms with E-state index in [9.17, 15) is 0 Å². The maximum absolute atomic E-state index is 4.00. The molecular weight excluding hydrogens is 322 g/mol. The molecule has 2 aromatic rings. The van der Waals surface area contributed by atoms with Gasteiger partial charge in [-0.25, -0.2) is 0 Å². The largest absolute Gasteiger partial charge is 0.381 e.